The molecule has 0 aliphatic carbocycles. The van der Waals surface area contributed by atoms with Crippen molar-refractivity contribution in [1.82, 2.24) is 5.32 Å². The zero-order chi connectivity index (χ0) is 17.9. The van der Waals surface area contributed by atoms with Gasteiger partial charge in [0.05, 0.1) is 6.04 Å². The Hall–Kier alpha value is -1.81. The van der Waals surface area contributed by atoms with Crippen LogP contribution in [0.2, 0.25) is 0 Å². The maximum Gasteiger partial charge on any atom is 0.258 e. The summed E-state index contributed by atoms with van der Waals surface area (Å²) in [5.41, 5.74) is 5.72. The van der Waals surface area contributed by atoms with Crippen LogP contribution in [-0.2, 0) is 4.79 Å². The number of halogens is 1. The lowest BCUT2D eigenvalue weighted by molar-refractivity contribution is -0.123. The van der Waals surface area contributed by atoms with E-state index in [-0.39, 0.29) is 18.6 Å². The minimum Gasteiger partial charge on any atom is -0.484 e. The average molecular weight is 390 g/mol. The van der Waals surface area contributed by atoms with E-state index in [1.807, 2.05) is 32.9 Å². The quantitative estimate of drug-likeness (QED) is 0.786. The van der Waals surface area contributed by atoms with Gasteiger partial charge in [-0.15, -0.1) is 0 Å². The van der Waals surface area contributed by atoms with Crippen molar-refractivity contribution in [2.24, 2.45) is 0 Å². The van der Waals surface area contributed by atoms with E-state index in [1.54, 1.807) is 0 Å². The number of carbonyl (C=O) groups is 1. The fourth-order valence-electron chi connectivity index (χ4n) is 2.81. The largest absolute Gasteiger partial charge is 0.484 e. The fraction of sp³-hybridized carbons (Fsp3) is 0.350. The molecule has 0 unspecified atom stereocenters. The topological polar surface area (TPSA) is 38.3 Å². The second-order valence-corrected chi connectivity index (χ2v) is 7.10. The van der Waals surface area contributed by atoms with Crippen LogP contribution in [-0.4, -0.2) is 12.5 Å². The minimum atomic E-state index is -0.124. The van der Waals surface area contributed by atoms with Crippen LogP contribution in [0.3, 0.4) is 0 Å². The Morgan fingerprint density at radius 3 is 2.29 bits per heavy atom. The molecule has 1 atom stereocenters. The van der Waals surface area contributed by atoms with E-state index in [9.17, 15) is 4.79 Å². The summed E-state index contributed by atoms with van der Waals surface area (Å²) < 4.78 is 6.71. The smallest absolute Gasteiger partial charge is 0.258 e. The van der Waals surface area contributed by atoms with Gasteiger partial charge in [0.1, 0.15) is 5.75 Å². The molecule has 0 spiro atoms. The highest BCUT2D eigenvalue weighted by Gasteiger charge is 2.12. The fourth-order valence-corrected chi connectivity index (χ4v) is 3.04. The first-order valence-corrected chi connectivity index (χ1v) is 8.83. The highest BCUT2D eigenvalue weighted by atomic mass is 79.9. The summed E-state index contributed by atoms with van der Waals surface area (Å²) in [6, 6.07) is 10.1. The lowest BCUT2D eigenvalue weighted by Crippen LogP contribution is -2.31. The van der Waals surface area contributed by atoms with Crippen LogP contribution < -0.4 is 10.1 Å². The van der Waals surface area contributed by atoms with Crippen molar-refractivity contribution in [2.75, 3.05) is 6.61 Å². The maximum absolute atomic E-state index is 12.2. The Kier molecular flexibility index (Phi) is 6.05. The normalized spacial score (nSPS) is 11.9. The summed E-state index contributed by atoms with van der Waals surface area (Å²) in [4.78, 5) is 12.2. The van der Waals surface area contributed by atoms with Gasteiger partial charge in [0, 0.05) is 4.47 Å². The van der Waals surface area contributed by atoms with E-state index in [0.717, 1.165) is 21.2 Å². The Morgan fingerprint density at radius 1 is 1.08 bits per heavy atom. The Morgan fingerprint density at radius 2 is 1.71 bits per heavy atom. The van der Waals surface area contributed by atoms with Gasteiger partial charge in [-0.05, 0) is 69.0 Å². The van der Waals surface area contributed by atoms with E-state index in [2.05, 4.69) is 53.3 Å². The second-order valence-electron chi connectivity index (χ2n) is 6.31. The van der Waals surface area contributed by atoms with Gasteiger partial charge < -0.3 is 10.1 Å². The molecule has 0 fully saturated rings. The predicted molar refractivity (Wildman–Crippen MR) is 102 cm³/mol. The number of nitrogens with one attached hydrogen (secondary N) is 1. The summed E-state index contributed by atoms with van der Waals surface area (Å²) in [7, 11) is 0. The van der Waals surface area contributed by atoms with Gasteiger partial charge in [0.15, 0.2) is 6.61 Å². The van der Waals surface area contributed by atoms with E-state index < -0.39 is 0 Å². The molecular formula is C20H24BrNO2. The number of hydrogen-bond donors (Lipinski definition) is 1. The monoisotopic (exact) mass is 389 g/mol. The molecule has 2 rings (SSSR count). The molecule has 128 valence electrons. The third kappa shape index (κ3) is 4.60. The first-order valence-electron chi connectivity index (χ1n) is 8.04. The van der Waals surface area contributed by atoms with Crippen molar-refractivity contribution in [3.8, 4) is 5.75 Å². The number of hydrogen-bond acceptors (Lipinski definition) is 2. The van der Waals surface area contributed by atoms with Crippen LogP contribution in [0.25, 0.3) is 0 Å². The van der Waals surface area contributed by atoms with Gasteiger partial charge >= 0.3 is 0 Å². The molecule has 1 N–H and O–H groups in total. The van der Waals surface area contributed by atoms with Crippen molar-refractivity contribution in [1.29, 1.82) is 0 Å². The molecule has 0 aliphatic heterocycles. The summed E-state index contributed by atoms with van der Waals surface area (Å²) in [5.74, 6) is 0.586. The lowest BCUT2D eigenvalue weighted by atomic mass is 10.0. The standard InChI is InChI=1S/C20H24BrNO2/c1-12-6-7-18(13(2)8-12)16(5)22-19(23)11-24-17-9-14(3)20(21)15(4)10-17/h6-10,16H,11H2,1-5H3,(H,22,23)/t16-/m1/s1. The van der Waals surface area contributed by atoms with Crippen LogP contribution in [0.4, 0.5) is 0 Å². The number of amides is 1. The highest BCUT2D eigenvalue weighted by Crippen LogP contribution is 2.26. The Labute approximate surface area is 152 Å². The summed E-state index contributed by atoms with van der Waals surface area (Å²) >= 11 is 3.53. The second kappa shape index (κ2) is 7.84. The average Bonchev–Trinajstić information content (AvgIpc) is 2.50. The first-order chi connectivity index (χ1) is 11.3. The number of rotatable bonds is 5. The van der Waals surface area contributed by atoms with Crippen molar-refractivity contribution < 1.29 is 9.53 Å². The highest BCUT2D eigenvalue weighted by molar-refractivity contribution is 9.10. The lowest BCUT2D eigenvalue weighted by Gasteiger charge is -2.17. The van der Waals surface area contributed by atoms with E-state index >= 15 is 0 Å². The van der Waals surface area contributed by atoms with Gasteiger partial charge in [-0.1, -0.05) is 39.7 Å². The summed E-state index contributed by atoms with van der Waals surface area (Å²) in [6.45, 7) is 10.1. The molecule has 2 aromatic rings. The van der Waals surface area contributed by atoms with E-state index in [4.69, 9.17) is 4.74 Å². The van der Waals surface area contributed by atoms with Gasteiger partial charge in [-0.25, -0.2) is 0 Å². The predicted octanol–water partition coefficient (Wildman–Crippen LogP) is 4.94. The van der Waals surface area contributed by atoms with Crippen LogP contribution >= 0.6 is 15.9 Å². The number of carbonyl (C=O) groups excluding carboxylic acids is 1. The van der Waals surface area contributed by atoms with Gasteiger partial charge in [0.2, 0.25) is 0 Å². The van der Waals surface area contributed by atoms with E-state index in [0.29, 0.717) is 5.75 Å². The molecule has 0 aromatic heterocycles. The number of ether oxygens (including phenoxy) is 1. The van der Waals surface area contributed by atoms with Gasteiger partial charge in [-0.3, -0.25) is 4.79 Å². The number of aryl methyl sites for hydroxylation is 4. The molecule has 24 heavy (non-hydrogen) atoms. The van der Waals surface area contributed by atoms with Crippen molar-refractivity contribution in [3.63, 3.8) is 0 Å². The Balaban J connectivity index is 1.96. The number of benzene rings is 2. The molecular weight excluding hydrogens is 366 g/mol. The van der Waals surface area contributed by atoms with E-state index in [1.165, 1.54) is 11.1 Å². The molecule has 0 radical (unpaired) electrons. The SMILES string of the molecule is Cc1ccc([C@@H](C)NC(=O)COc2cc(C)c(Br)c(C)c2)c(C)c1. The molecule has 1 amide bonds. The minimum absolute atomic E-state index is 0.00968. The zero-order valence-corrected chi connectivity index (χ0v) is 16.5. The maximum atomic E-state index is 12.2. The van der Waals surface area contributed by atoms with Gasteiger partial charge in [-0.2, -0.15) is 0 Å². The molecule has 0 heterocycles. The molecule has 0 saturated carbocycles. The third-order valence-electron chi connectivity index (χ3n) is 4.05. The first kappa shape index (κ1) is 18.5. The summed E-state index contributed by atoms with van der Waals surface area (Å²) in [6.07, 6.45) is 0. The molecule has 3 nitrogen and oxygen atoms in total. The molecule has 0 aliphatic rings. The van der Waals surface area contributed by atoms with Gasteiger partial charge in [0.25, 0.3) is 5.91 Å². The molecule has 4 heteroatoms. The van der Waals surface area contributed by atoms with Crippen molar-refractivity contribution >= 4 is 21.8 Å². The molecule has 2 aromatic carbocycles. The van der Waals surface area contributed by atoms with Crippen LogP contribution in [0.5, 0.6) is 5.75 Å². The molecule has 0 bridgehead atoms. The van der Waals surface area contributed by atoms with Crippen molar-refractivity contribution in [2.45, 2.75) is 40.7 Å². The summed E-state index contributed by atoms with van der Waals surface area (Å²) in [5, 5.41) is 2.99. The van der Waals surface area contributed by atoms with Crippen LogP contribution in [0.1, 0.15) is 40.8 Å². The Bertz CT molecular complexity index is 732. The van der Waals surface area contributed by atoms with Crippen LogP contribution in [0, 0.1) is 27.7 Å². The molecule has 0 saturated heterocycles. The third-order valence-corrected chi connectivity index (χ3v) is 5.30. The van der Waals surface area contributed by atoms with Crippen molar-refractivity contribution in [3.05, 3.63) is 62.6 Å². The zero-order valence-electron chi connectivity index (χ0n) is 14.9. The van der Waals surface area contributed by atoms with Crippen LogP contribution in [0.15, 0.2) is 34.8 Å².